The molecule has 0 radical (unpaired) electrons. The Morgan fingerprint density at radius 3 is 2.37 bits per heavy atom. The molecule has 4 unspecified atom stereocenters. The maximum absolute atomic E-state index is 13.4. The van der Waals surface area contributed by atoms with E-state index in [1.807, 2.05) is 13.8 Å². The molecule has 1 heterocycles. The molecular weight excluding hydrogens is 374 g/mol. The fourth-order valence-corrected chi connectivity index (χ4v) is 7.46. The lowest BCUT2D eigenvalue weighted by Gasteiger charge is -2.67. The zero-order valence-electron chi connectivity index (χ0n) is 17.7. The van der Waals surface area contributed by atoms with Crippen molar-refractivity contribution in [3.8, 4) is 0 Å². The molecule has 4 bridgehead atoms. The summed E-state index contributed by atoms with van der Waals surface area (Å²) in [6.07, 6.45) is 4.86. The van der Waals surface area contributed by atoms with Crippen molar-refractivity contribution >= 4 is 28.3 Å². The van der Waals surface area contributed by atoms with Crippen LogP contribution in [0.25, 0.3) is 10.8 Å². The second-order valence-corrected chi connectivity index (χ2v) is 10.6. The molecule has 1 aliphatic heterocycles. The molecule has 5 aliphatic rings. The zero-order valence-corrected chi connectivity index (χ0v) is 17.7. The SMILES string of the molecule is CC1(C)C(=O)N(C2C3CC4C[C@H]2CC(C(N)=O)(C4)C3)N1c1cccc2ccccc12. The number of nitrogens with two attached hydrogens (primary N) is 1. The summed E-state index contributed by atoms with van der Waals surface area (Å²) < 4.78 is 0. The van der Waals surface area contributed by atoms with Crippen molar-refractivity contribution in [1.29, 1.82) is 0 Å². The van der Waals surface area contributed by atoms with Crippen LogP contribution in [0.1, 0.15) is 46.0 Å². The Morgan fingerprint density at radius 1 is 1.00 bits per heavy atom. The molecule has 5 atom stereocenters. The summed E-state index contributed by atoms with van der Waals surface area (Å²) in [6, 6.07) is 14.9. The third kappa shape index (κ3) is 2.18. The van der Waals surface area contributed by atoms with E-state index in [0.29, 0.717) is 17.8 Å². The van der Waals surface area contributed by atoms with Crippen molar-refractivity contribution in [3.63, 3.8) is 0 Å². The second-order valence-electron chi connectivity index (χ2n) is 10.6. The number of rotatable bonds is 3. The molecule has 0 aromatic heterocycles. The van der Waals surface area contributed by atoms with Gasteiger partial charge in [0.05, 0.1) is 11.7 Å². The van der Waals surface area contributed by atoms with Crippen LogP contribution in [0.2, 0.25) is 0 Å². The average Bonchev–Trinajstić information content (AvgIpc) is 2.71. The molecule has 2 amide bonds. The highest BCUT2D eigenvalue weighted by atomic mass is 16.2. The van der Waals surface area contributed by atoms with Crippen LogP contribution in [0.3, 0.4) is 0 Å². The molecule has 5 nitrogen and oxygen atoms in total. The lowest BCUT2D eigenvalue weighted by molar-refractivity contribution is -0.179. The smallest absolute Gasteiger partial charge is 0.268 e. The number of primary amides is 1. The van der Waals surface area contributed by atoms with Crippen LogP contribution in [0.15, 0.2) is 42.5 Å². The van der Waals surface area contributed by atoms with Crippen molar-refractivity contribution in [1.82, 2.24) is 5.01 Å². The Morgan fingerprint density at radius 2 is 1.67 bits per heavy atom. The van der Waals surface area contributed by atoms with E-state index in [1.54, 1.807) is 0 Å². The third-order valence-electron chi connectivity index (χ3n) is 8.50. The molecule has 156 valence electrons. The number of anilines is 1. The maximum atomic E-state index is 13.4. The van der Waals surface area contributed by atoms with Crippen molar-refractivity contribution in [2.75, 3.05) is 5.01 Å². The zero-order chi connectivity index (χ0) is 20.8. The van der Waals surface area contributed by atoms with E-state index in [-0.39, 0.29) is 23.3 Å². The highest BCUT2D eigenvalue weighted by Gasteiger charge is 2.65. The van der Waals surface area contributed by atoms with Crippen LogP contribution >= 0.6 is 0 Å². The van der Waals surface area contributed by atoms with Gasteiger partial charge in [-0.3, -0.25) is 14.6 Å². The quantitative estimate of drug-likeness (QED) is 0.846. The minimum absolute atomic E-state index is 0.124. The molecule has 4 aliphatic carbocycles. The van der Waals surface area contributed by atoms with E-state index < -0.39 is 5.54 Å². The van der Waals surface area contributed by atoms with E-state index in [1.165, 1.54) is 10.8 Å². The number of carbonyl (C=O) groups is 2. The summed E-state index contributed by atoms with van der Waals surface area (Å²) in [7, 11) is 0. The van der Waals surface area contributed by atoms with Gasteiger partial charge in [-0.1, -0.05) is 36.4 Å². The molecule has 1 saturated heterocycles. The standard InChI is InChI=1S/C25H29N3O2/c1-24(2)23(30)27(28(24)20-9-5-7-16-6-3-4-8-19(16)20)21-17-10-15-11-18(21)14-25(12-15,13-17)22(26)29/h3-9,15,17-18,21H,10-14H2,1-2H3,(H2,26,29)/t15?,17-,18?,21?,25?/m0/s1. The Bertz CT molecular complexity index is 1060. The van der Waals surface area contributed by atoms with Crippen molar-refractivity contribution in [2.24, 2.45) is 28.9 Å². The Balaban J connectivity index is 1.42. The number of carbonyl (C=O) groups excluding carboxylic acids is 2. The van der Waals surface area contributed by atoms with Crippen LogP contribution in [0, 0.1) is 23.2 Å². The average molecular weight is 404 g/mol. The van der Waals surface area contributed by atoms with E-state index >= 15 is 0 Å². The molecule has 2 aromatic rings. The first kappa shape index (κ1) is 18.2. The number of hydrogen-bond donors (Lipinski definition) is 1. The summed E-state index contributed by atoms with van der Waals surface area (Å²) in [4.78, 5) is 25.8. The molecule has 7 rings (SSSR count). The number of benzene rings is 2. The van der Waals surface area contributed by atoms with Crippen molar-refractivity contribution in [3.05, 3.63) is 42.5 Å². The predicted molar refractivity (Wildman–Crippen MR) is 116 cm³/mol. The molecule has 4 saturated carbocycles. The monoisotopic (exact) mass is 403 g/mol. The predicted octanol–water partition coefficient (Wildman–Crippen LogP) is 3.86. The highest BCUT2D eigenvalue weighted by molar-refractivity contribution is 6.03. The molecule has 0 spiro atoms. The van der Waals surface area contributed by atoms with Crippen LogP contribution in [0.4, 0.5) is 5.69 Å². The van der Waals surface area contributed by atoms with Crippen LogP contribution < -0.4 is 10.7 Å². The van der Waals surface area contributed by atoms with Crippen LogP contribution in [-0.2, 0) is 9.59 Å². The Hall–Kier alpha value is -2.56. The summed E-state index contributed by atoms with van der Waals surface area (Å²) in [6.45, 7) is 4.04. The van der Waals surface area contributed by atoms with Gasteiger partial charge in [-0.15, -0.1) is 0 Å². The summed E-state index contributed by atoms with van der Waals surface area (Å²) in [5.74, 6) is 1.38. The van der Waals surface area contributed by atoms with Crippen LogP contribution in [-0.4, -0.2) is 28.4 Å². The van der Waals surface area contributed by atoms with Gasteiger partial charge in [0.2, 0.25) is 5.91 Å². The molecule has 2 aromatic carbocycles. The highest BCUT2D eigenvalue weighted by Crippen LogP contribution is 2.62. The van der Waals surface area contributed by atoms with E-state index in [0.717, 1.165) is 37.8 Å². The van der Waals surface area contributed by atoms with Gasteiger partial charge >= 0.3 is 0 Å². The Kier molecular flexibility index (Phi) is 3.51. The number of nitrogens with zero attached hydrogens (tertiary/aromatic N) is 2. The first-order chi connectivity index (χ1) is 14.3. The second kappa shape index (κ2) is 5.77. The van der Waals surface area contributed by atoms with Gasteiger partial charge < -0.3 is 5.73 Å². The van der Waals surface area contributed by atoms with Gasteiger partial charge in [-0.2, -0.15) is 0 Å². The largest absolute Gasteiger partial charge is 0.369 e. The minimum Gasteiger partial charge on any atom is -0.369 e. The summed E-state index contributed by atoms with van der Waals surface area (Å²) >= 11 is 0. The summed E-state index contributed by atoms with van der Waals surface area (Å²) in [5, 5.41) is 6.65. The topological polar surface area (TPSA) is 66.6 Å². The third-order valence-corrected chi connectivity index (χ3v) is 8.50. The maximum Gasteiger partial charge on any atom is 0.268 e. The van der Waals surface area contributed by atoms with E-state index in [9.17, 15) is 9.59 Å². The van der Waals surface area contributed by atoms with Gasteiger partial charge in [0.15, 0.2) is 0 Å². The number of hydrogen-bond acceptors (Lipinski definition) is 3. The number of hydrazine groups is 1. The molecule has 30 heavy (non-hydrogen) atoms. The normalized spacial score (nSPS) is 36.3. The number of fused-ring (bicyclic) bond motifs is 1. The molecule has 5 heteroatoms. The van der Waals surface area contributed by atoms with E-state index in [2.05, 4.69) is 52.5 Å². The van der Waals surface area contributed by atoms with Gasteiger partial charge in [-0.05, 0) is 75.2 Å². The van der Waals surface area contributed by atoms with Gasteiger partial charge in [0.25, 0.3) is 5.91 Å². The molecule has 2 N–H and O–H groups in total. The van der Waals surface area contributed by atoms with Crippen molar-refractivity contribution in [2.45, 2.75) is 57.5 Å². The van der Waals surface area contributed by atoms with Gasteiger partial charge in [0, 0.05) is 10.8 Å². The van der Waals surface area contributed by atoms with Gasteiger partial charge in [-0.25, -0.2) is 5.01 Å². The lowest BCUT2D eigenvalue weighted by atomic mass is 9.47. The summed E-state index contributed by atoms with van der Waals surface area (Å²) in [5.41, 5.74) is 6.07. The Labute approximate surface area is 177 Å². The van der Waals surface area contributed by atoms with Gasteiger partial charge in [0.1, 0.15) is 5.54 Å². The van der Waals surface area contributed by atoms with Crippen LogP contribution in [0.5, 0.6) is 0 Å². The fourth-order valence-electron chi connectivity index (χ4n) is 7.46. The molecular formula is C25H29N3O2. The minimum atomic E-state index is -0.569. The lowest BCUT2D eigenvalue weighted by Crippen LogP contribution is -2.80. The fraction of sp³-hybridized carbons (Fsp3) is 0.520. The first-order valence-electron chi connectivity index (χ1n) is 11.2. The van der Waals surface area contributed by atoms with Crippen molar-refractivity contribution < 1.29 is 9.59 Å². The molecule has 5 fully saturated rings. The van der Waals surface area contributed by atoms with E-state index in [4.69, 9.17) is 5.73 Å². The first-order valence-corrected chi connectivity index (χ1v) is 11.2. The number of amides is 2.